The highest BCUT2D eigenvalue weighted by Crippen LogP contribution is 2.33. The molecule has 0 unspecified atom stereocenters. The molecule has 1 aromatic heterocycles. The Morgan fingerprint density at radius 1 is 1.05 bits per heavy atom. The minimum Gasteiger partial charge on any atom is -0.494 e. The summed E-state index contributed by atoms with van der Waals surface area (Å²) < 4.78 is 20.9. The van der Waals surface area contributed by atoms with Gasteiger partial charge >= 0.3 is 0 Å². The van der Waals surface area contributed by atoms with Gasteiger partial charge in [0, 0.05) is 29.3 Å². The summed E-state index contributed by atoms with van der Waals surface area (Å²) in [5, 5.41) is 3.15. The Morgan fingerprint density at radius 3 is 2.63 bits per heavy atom. The molecule has 3 aromatic carbocycles. The fraction of sp³-hybridized carbons (Fsp3) is 0.138. The van der Waals surface area contributed by atoms with Crippen LogP contribution in [0.4, 0.5) is 14.9 Å². The van der Waals surface area contributed by atoms with Gasteiger partial charge in [0.15, 0.2) is 0 Å². The molecular formula is C29H24FN3O4S. The van der Waals surface area contributed by atoms with Crippen molar-refractivity contribution < 1.29 is 23.5 Å². The molecular weight excluding hydrogens is 505 g/mol. The maximum Gasteiger partial charge on any atom is 0.294 e. The lowest BCUT2D eigenvalue weighted by Crippen LogP contribution is -2.36. The summed E-state index contributed by atoms with van der Waals surface area (Å²) in [5.41, 5.74) is 3.11. The normalized spacial score (nSPS) is 14.5. The number of benzene rings is 3. The monoisotopic (exact) mass is 529 g/mol. The van der Waals surface area contributed by atoms with E-state index in [4.69, 9.17) is 4.74 Å². The van der Waals surface area contributed by atoms with Crippen molar-refractivity contribution in [2.24, 2.45) is 0 Å². The lowest BCUT2D eigenvalue weighted by atomic mass is 10.1. The SMILES string of the molecule is CCOc1ccc(NC(=O)CN2C(=O)S/C(=C/c3ccc4c(ccn4Cc4cccc(F)c4)c3)C2=O)cc1. The van der Waals surface area contributed by atoms with Gasteiger partial charge in [-0.05, 0) is 90.5 Å². The van der Waals surface area contributed by atoms with Crippen LogP contribution in [-0.2, 0) is 16.1 Å². The number of imide groups is 1. The molecule has 2 heterocycles. The van der Waals surface area contributed by atoms with E-state index < -0.39 is 17.1 Å². The molecule has 1 N–H and O–H groups in total. The van der Waals surface area contributed by atoms with Crippen molar-refractivity contribution in [3.8, 4) is 5.75 Å². The Hall–Kier alpha value is -4.37. The van der Waals surface area contributed by atoms with Gasteiger partial charge in [0.05, 0.1) is 11.5 Å². The molecule has 4 aromatic rings. The summed E-state index contributed by atoms with van der Waals surface area (Å²) in [4.78, 5) is 39.1. The number of nitrogens with zero attached hydrogens (tertiary/aromatic N) is 2. The van der Waals surface area contributed by atoms with Crippen LogP contribution in [0.5, 0.6) is 5.75 Å². The Morgan fingerprint density at radius 2 is 1.87 bits per heavy atom. The molecule has 0 bridgehead atoms. The standard InChI is InChI=1S/C29H24FN3O4S/c1-2-37-24-9-7-23(8-10-24)31-27(34)18-33-28(35)26(38-29(33)36)16-19-6-11-25-21(14-19)12-13-32(25)17-20-4-3-5-22(30)15-20/h3-16H,2,17-18H2,1H3,(H,31,34)/b26-16+. The fourth-order valence-corrected chi connectivity index (χ4v) is 5.05. The van der Waals surface area contributed by atoms with Crippen molar-refractivity contribution in [3.05, 3.63) is 101 Å². The smallest absolute Gasteiger partial charge is 0.294 e. The van der Waals surface area contributed by atoms with Crippen molar-refractivity contribution in [1.82, 2.24) is 9.47 Å². The van der Waals surface area contributed by atoms with Crippen molar-refractivity contribution in [3.63, 3.8) is 0 Å². The highest BCUT2D eigenvalue weighted by atomic mass is 32.2. The number of hydrogen-bond donors (Lipinski definition) is 1. The van der Waals surface area contributed by atoms with E-state index in [0.717, 1.165) is 38.7 Å². The van der Waals surface area contributed by atoms with Gasteiger partial charge in [-0.15, -0.1) is 0 Å². The third-order valence-electron chi connectivity index (χ3n) is 5.96. The van der Waals surface area contributed by atoms with Gasteiger partial charge in [0.25, 0.3) is 11.1 Å². The maximum atomic E-state index is 13.5. The predicted molar refractivity (Wildman–Crippen MR) is 146 cm³/mol. The average Bonchev–Trinajstić information content (AvgIpc) is 3.40. The van der Waals surface area contributed by atoms with Gasteiger partial charge in [-0.2, -0.15) is 0 Å². The van der Waals surface area contributed by atoms with Crippen LogP contribution in [-0.4, -0.2) is 39.7 Å². The van der Waals surface area contributed by atoms with Gasteiger partial charge < -0.3 is 14.6 Å². The fourth-order valence-electron chi connectivity index (χ4n) is 4.21. The highest BCUT2D eigenvalue weighted by molar-refractivity contribution is 8.18. The Bertz CT molecular complexity index is 1560. The Balaban J connectivity index is 1.26. The van der Waals surface area contributed by atoms with Crippen LogP contribution in [0.15, 0.2) is 83.9 Å². The minimum absolute atomic E-state index is 0.252. The number of fused-ring (bicyclic) bond motifs is 1. The van der Waals surface area contributed by atoms with Crippen LogP contribution < -0.4 is 10.1 Å². The third kappa shape index (κ3) is 5.63. The molecule has 38 heavy (non-hydrogen) atoms. The van der Waals surface area contributed by atoms with E-state index in [1.54, 1.807) is 36.4 Å². The molecule has 0 atom stereocenters. The van der Waals surface area contributed by atoms with Gasteiger partial charge in [-0.25, -0.2) is 4.39 Å². The number of anilines is 1. The second-order valence-electron chi connectivity index (χ2n) is 8.67. The zero-order chi connectivity index (χ0) is 26.6. The number of rotatable bonds is 8. The van der Waals surface area contributed by atoms with Gasteiger partial charge in [0.2, 0.25) is 5.91 Å². The van der Waals surface area contributed by atoms with E-state index in [1.807, 2.05) is 48.0 Å². The van der Waals surface area contributed by atoms with E-state index in [1.165, 1.54) is 12.1 Å². The van der Waals surface area contributed by atoms with Crippen molar-refractivity contribution >= 4 is 51.5 Å². The first-order chi connectivity index (χ1) is 18.4. The molecule has 1 fully saturated rings. The van der Waals surface area contributed by atoms with Crippen molar-refractivity contribution in [2.45, 2.75) is 13.5 Å². The van der Waals surface area contributed by atoms with E-state index in [9.17, 15) is 18.8 Å². The number of hydrogen-bond acceptors (Lipinski definition) is 5. The number of carbonyl (C=O) groups excluding carboxylic acids is 3. The van der Waals surface area contributed by atoms with E-state index in [0.29, 0.717) is 24.6 Å². The van der Waals surface area contributed by atoms with Crippen molar-refractivity contribution in [1.29, 1.82) is 0 Å². The predicted octanol–water partition coefficient (Wildman–Crippen LogP) is 5.90. The summed E-state index contributed by atoms with van der Waals surface area (Å²) in [6.45, 7) is 2.57. The van der Waals surface area contributed by atoms with Crippen LogP contribution in [0, 0.1) is 5.82 Å². The first-order valence-electron chi connectivity index (χ1n) is 12.0. The van der Waals surface area contributed by atoms with Gasteiger partial charge in [0.1, 0.15) is 18.1 Å². The van der Waals surface area contributed by atoms with Crippen LogP contribution >= 0.6 is 11.8 Å². The summed E-state index contributed by atoms with van der Waals surface area (Å²) in [6.07, 6.45) is 3.58. The number of nitrogens with one attached hydrogen (secondary N) is 1. The van der Waals surface area contributed by atoms with Crippen LogP contribution in [0.3, 0.4) is 0 Å². The average molecular weight is 530 g/mol. The first kappa shape index (κ1) is 25.3. The molecule has 1 aliphatic heterocycles. The second kappa shape index (κ2) is 10.9. The molecule has 1 saturated heterocycles. The van der Waals surface area contributed by atoms with Gasteiger partial charge in [-0.1, -0.05) is 18.2 Å². The maximum absolute atomic E-state index is 13.5. The van der Waals surface area contributed by atoms with Gasteiger partial charge in [-0.3, -0.25) is 19.3 Å². The van der Waals surface area contributed by atoms with Crippen molar-refractivity contribution in [2.75, 3.05) is 18.5 Å². The zero-order valence-corrected chi connectivity index (χ0v) is 21.3. The first-order valence-corrected chi connectivity index (χ1v) is 12.8. The Kier molecular flexibility index (Phi) is 7.28. The molecule has 0 aliphatic carbocycles. The molecule has 5 rings (SSSR count). The largest absolute Gasteiger partial charge is 0.494 e. The van der Waals surface area contributed by atoms with E-state index in [2.05, 4.69) is 5.32 Å². The molecule has 3 amide bonds. The van der Waals surface area contributed by atoms with Crippen LogP contribution in [0.25, 0.3) is 17.0 Å². The second-order valence-corrected chi connectivity index (χ2v) is 9.66. The molecule has 1 aliphatic rings. The summed E-state index contributed by atoms with van der Waals surface area (Å²) >= 11 is 0.807. The molecule has 0 radical (unpaired) electrons. The Labute approximate surface area is 222 Å². The minimum atomic E-state index is -0.509. The number of aromatic nitrogens is 1. The summed E-state index contributed by atoms with van der Waals surface area (Å²) in [7, 11) is 0. The third-order valence-corrected chi connectivity index (χ3v) is 6.87. The molecule has 7 nitrogen and oxygen atoms in total. The molecule has 0 spiro atoms. The highest BCUT2D eigenvalue weighted by Gasteiger charge is 2.36. The molecule has 192 valence electrons. The van der Waals surface area contributed by atoms with Crippen LogP contribution in [0.2, 0.25) is 0 Å². The topological polar surface area (TPSA) is 80.6 Å². The molecule has 0 saturated carbocycles. The number of carbonyl (C=O) groups is 3. The number of amides is 3. The number of halogens is 1. The van der Waals surface area contributed by atoms with Crippen LogP contribution in [0.1, 0.15) is 18.1 Å². The lowest BCUT2D eigenvalue weighted by molar-refractivity contribution is -0.127. The summed E-state index contributed by atoms with van der Waals surface area (Å²) in [6, 6.07) is 21.0. The quantitative estimate of drug-likeness (QED) is 0.288. The summed E-state index contributed by atoms with van der Waals surface area (Å²) in [5.74, 6) is -0.573. The number of ether oxygens (including phenoxy) is 1. The number of thioether (sulfide) groups is 1. The zero-order valence-electron chi connectivity index (χ0n) is 20.5. The van der Waals surface area contributed by atoms with E-state index in [-0.39, 0.29) is 17.3 Å². The van der Waals surface area contributed by atoms with E-state index >= 15 is 0 Å². The molecule has 9 heteroatoms. The lowest BCUT2D eigenvalue weighted by Gasteiger charge is -2.12.